The summed E-state index contributed by atoms with van der Waals surface area (Å²) in [6.45, 7) is 6.39. The minimum atomic E-state index is -0.446. The number of likely N-dealkylation sites (tertiary alicyclic amines) is 1. The van der Waals surface area contributed by atoms with E-state index in [4.69, 9.17) is 0 Å². The molecule has 0 spiro atoms. The van der Waals surface area contributed by atoms with Crippen molar-refractivity contribution in [3.63, 3.8) is 0 Å². The summed E-state index contributed by atoms with van der Waals surface area (Å²) in [5.74, 6) is 0.0369. The Kier molecular flexibility index (Phi) is 4.78. The zero-order valence-electron chi connectivity index (χ0n) is 12.3. The zero-order valence-corrected chi connectivity index (χ0v) is 12.3. The van der Waals surface area contributed by atoms with Gasteiger partial charge in [0.2, 0.25) is 5.91 Å². The number of carbonyl (C=O) groups excluding carboxylic acids is 1. The number of nitrogens with zero attached hydrogens (tertiary/aromatic N) is 1. The molecule has 0 saturated carbocycles. The summed E-state index contributed by atoms with van der Waals surface area (Å²) in [6, 6.07) is 9.54. The fraction of sp³-hybridized carbons (Fsp3) is 0.562. The highest BCUT2D eigenvalue weighted by atomic mass is 16.3. The largest absolute Gasteiger partial charge is 0.393 e. The molecule has 0 unspecified atom stereocenters. The molecule has 4 heteroatoms. The van der Waals surface area contributed by atoms with Crippen LogP contribution >= 0.6 is 0 Å². The van der Waals surface area contributed by atoms with Crippen molar-refractivity contribution in [3.8, 4) is 0 Å². The van der Waals surface area contributed by atoms with Crippen LogP contribution in [0.4, 0.5) is 5.69 Å². The van der Waals surface area contributed by atoms with E-state index in [0.717, 1.165) is 38.2 Å². The molecule has 1 aliphatic heterocycles. The summed E-state index contributed by atoms with van der Waals surface area (Å²) < 4.78 is 0. The summed E-state index contributed by atoms with van der Waals surface area (Å²) in [5, 5.41) is 12.5. The van der Waals surface area contributed by atoms with Crippen molar-refractivity contribution < 1.29 is 9.90 Å². The van der Waals surface area contributed by atoms with Gasteiger partial charge in [0.25, 0.3) is 0 Å². The summed E-state index contributed by atoms with van der Waals surface area (Å²) in [4.78, 5) is 14.6. The number of nitrogens with one attached hydrogen (secondary N) is 1. The number of hydrogen-bond donors (Lipinski definition) is 2. The summed E-state index contributed by atoms with van der Waals surface area (Å²) in [5.41, 5.74) is 0.387. The van der Waals surface area contributed by atoms with Gasteiger partial charge in [-0.25, -0.2) is 0 Å². The molecule has 1 saturated heterocycles. The lowest BCUT2D eigenvalue weighted by Crippen LogP contribution is -2.45. The Balaban J connectivity index is 1.90. The van der Waals surface area contributed by atoms with Crippen molar-refractivity contribution in [2.75, 3.05) is 25.0 Å². The number of aliphatic hydroxyl groups excluding tert-OH is 1. The number of rotatable bonds is 4. The van der Waals surface area contributed by atoms with Crippen molar-refractivity contribution in [1.29, 1.82) is 0 Å². The Bertz CT molecular complexity index is 437. The minimum Gasteiger partial charge on any atom is -0.393 e. The van der Waals surface area contributed by atoms with Crippen LogP contribution in [0.25, 0.3) is 0 Å². The van der Waals surface area contributed by atoms with Crippen LogP contribution in [0.5, 0.6) is 0 Å². The molecule has 0 atom stereocenters. The standard InChI is InChI=1S/C16H24N2O2/c1-16(2,12-18-10-8-14(19)9-11-18)15(20)17-13-6-4-3-5-7-13/h3-7,14,19H,8-12H2,1-2H3,(H,17,20). The Morgan fingerprint density at radius 2 is 1.90 bits per heavy atom. The van der Waals surface area contributed by atoms with Gasteiger partial charge in [0.1, 0.15) is 0 Å². The molecule has 2 rings (SSSR count). The smallest absolute Gasteiger partial charge is 0.231 e. The third-order valence-corrected chi connectivity index (χ3v) is 3.82. The van der Waals surface area contributed by atoms with Gasteiger partial charge in [-0.3, -0.25) is 4.79 Å². The molecule has 4 nitrogen and oxygen atoms in total. The quantitative estimate of drug-likeness (QED) is 0.885. The first kappa shape index (κ1) is 15.0. The predicted molar refractivity (Wildman–Crippen MR) is 80.5 cm³/mol. The molecule has 1 fully saturated rings. The maximum absolute atomic E-state index is 12.4. The second-order valence-corrected chi connectivity index (χ2v) is 6.21. The van der Waals surface area contributed by atoms with E-state index >= 15 is 0 Å². The average Bonchev–Trinajstić information content (AvgIpc) is 2.42. The van der Waals surface area contributed by atoms with E-state index in [2.05, 4.69) is 10.2 Å². The highest BCUT2D eigenvalue weighted by molar-refractivity contribution is 5.94. The number of para-hydroxylation sites is 1. The molecule has 0 aliphatic carbocycles. The number of carbonyl (C=O) groups is 1. The van der Waals surface area contributed by atoms with Crippen molar-refractivity contribution in [2.24, 2.45) is 5.41 Å². The van der Waals surface area contributed by atoms with Crippen LogP contribution in [-0.2, 0) is 4.79 Å². The van der Waals surface area contributed by atoms with E-state index in [1.54, 1.807) is 0 Å². The second kappa shape index (κ2) is 6.37. The van der Waals surface area contributed by atoms with Crippen molar-refractivity contribution in [1.82, 2.24) is 4.90 Å². The Labute approximate surface area is 120 Å². The first-order valence-electron chi connectivity index (χ1n) is 7.24. The van der Waals surface area contributed by atoms with Crippen LogP contribution in [0.1, 0.15) is 26.7 Å². The number of anilines is 1. The fourth-order valence-corrected chi connectivity index (χ4v) is 2.53. The third-order valence-electron chi connectivity index (χ3n) is 3.82. The average molecular weight is 276 g/mol. The molecule has 2 N–H and O–H groups in total. The molecule has 1 heterocycles. The van der Waals surface area contributed by atoms with E-state index in [-0.39, 0.29) is 12.0 Å². The van der Waals surface area contributed by atoms with Gasteiger partial charge >= 0.3 is 0 Å². The topological polar surface area (TPSA) is 52.6 Å². The van der Waals surface area contributed by atoms with Gasteiger partial charge in [0.15, 0.2) is 0 Å². The number of benzene rings is 1. The van der Waals surface area contributed by atoms with Gasteiger partial charge in [-0.15, -0.1) is 0 Å². The summed E-state index contributed by atoms with van der Waals surface area (Å²) in [6.07, 6.45) is 1.43. The molecule has 1 aliphatic rings. The first-order chi connectivity index (χ1) is 9.47. The van der Waals surface area contributed by atoms with Crippen LogP contribution in [0.15, 0.2) is 30.3 Å². The van der Waals surface area contributed by atoms with Crippen LogP contribution in [0.3, 0.4) is 0 Å². The van der Waals surface area contributed by atoms with Gasteiger partial charge in [-0.2, -0.15) is 0 Å². The monoisotopic (exact) mass is 276 g/mol. The van der Waals surface area contributed by atoms with Gasteiger partial charge in [-0.1, -0.05) is 18.2 Å². The molecule has 20 heavy (non-hydrogen) atoms. The molecular formula is C16H24N2O2. The van der Waals surface area contributed by atoms with Crippen molar-refractivity contribution in [2.45, 2.75) is 32.8 Å². The first-order valence-corrected chi connectivity index (χ1v) is 7.24. The van der Waals surface area contributed by atoms with Crippen LogP contribution < -0.4 is 5.32 Å². The van der Waals surface area contributed by atoms with E-state index < -0.39 is 5.41 Å². The van der Waals surface area contributed by atoms with Crippen LogP contribution in [0.2, 0.25) is 0 Å². The van der Waals surface area contributed by atoms with Gasteiger partial charge in [-0.05, 0) is 38.8 Å². The van der Waals surface area contributed by atoms with Gasteiger partial charge < -0.3 is 15.3 Å². The third kappa shape index (κ3) is 4.05. The number of aliphatic hydroxyl groups is 1. The maximum Gasteiger partial charge on any atom is 0.231 e. The highest BCUT2D eigenvalue weighted by Crippen LogP contribution is 2.22. The lowest BCUT2D eigenvalue weighted by atomic mass is 9.90. The van der Waals surface area contributed by atoms with Crippen molar-refractivity contribution in [3.05, 3.63) is 30.3 Å². The number of piperidine rings is 1. The lowest BCUT2D eigenvalue weighted by Gasteiger charge is -2.35. The molecular weight excluding hydrogens is 252 g/mol. The summed E-state index contributed by atoms with van der Waals surface area (Å²) in [7, 11) is 0. The van der Waals surface area contributed by atoms with E-state index in [1.165, 1.54) is 0 Å². The number of amides is 1. The molecule has 1 aromatic rings. The Morgan fingerprint density at radius 3 is 2.50 bits per heavy atom. The molecule has 0 radical (unpaired) electrons. The molecule has 0 bridgehead atoms. The maximum atomic E-state index is 12.4. The molecule has 1 amide bonds. The van der Waals surface area contributed by atoms with Crippen LogP contribution in [-0.4, -0.2) is 41.7 Å². The van der Waals surface area contributed by atoms with E-state index in [9.17, 15) is 9.90 Å². The SMILES string of the molecule is CC(C)(CN1CCC(O)CC1)C(=O)Nc1ccccc1. The van der Waals surface area contributed by atoms with Gasteiger partial charge in [0.05, 0.1) is 11.5 Å². The zero-order chi connectivity index (χ0) is 14.6. The predicted octanol–water partition coefficient (Wildman–Crippen LogP) is 2.11. The number of hydrogen-bond acceptors (Lipinski definition) is 3. The molecule has 110 valence electrons. The fourth-order valence-electron chi connectivity index (χ4n) is 2.53. The van der Waals surface area contributed by atoms with Gasteiger partial charge in [0, 0.05) is 25.3 Å². The van der Waals surface area contributed by atoms with E-state index in [1.807, 2.05) is 44.2 Å². The normalized spacial score (nSPS) is 17.9. The minimum absolute atomic E-state index is 0.0369. The molecule has 0 aromatic heterocycles. The van der Waals surface area contributed by atoms with Crippen LogP contribution in [0, 0.1) is 5.41 Å². The Hall–Kier alpha value is -1.39. The van der Waals surface area contributed by atoms with Crippen molar-refractivity contribution >= 4 is 11.6 Å². The summed E-state index contributed by atoms with van der Waals surface area (Å²) >= 11 is 0. The molecule has 1 aromatic carbocycles. The van der Waals surface area contributed by atoms with E-state index in [0.29, 0.717) is 0 Å². The highest BCUT2D eigenvalue weighted by Gasteiger charge is 2.31. The lowest BCUT2D eigenvalue weighted by molar-refractivity contribution is -0.125. The Morgan fingerprint density at radius 1 is 1.30 bits per heavy atom. The second-order valence-electron chi connectivity index (χ2n) is 6.21.